The summed E-state index contributed by atoms with van der Waals surface area (Å²) in [7, 11) is -3.92. The van der Waals surface area contributed by atoms with Gasteiger partial charge < -0.3 is 10.1 Å². The molecule has 1 atom stereocenters. The van der Waals surface area contributed by atoms with Crippen LogP contribution in [0.4, 0.5) is 4.79 Å². The van der Waals surface area contributed by atoms with E-state index in [1.54, 1.807) is 36.4 Å². The van der Waals surface area contributed by atoms with Gasteiger partial charge in [-0.1, -0.05) is 72.3 Å². The molecule has 3 aromatic rings. The lowest BCUT2D eigenvalue weighted by atomic mass is 10.2. The van der Waals surface area contributed by atoms with Crippen molar-refractivity contribution in [1.82, 2.24) is 5.32 Å². The average molecular weight is 416 g/mol. The molecule has 0 saturated heterocycles. The fourth-order valence-corrected chi connectivity index (χ4v) is 4.39. The van der Waals surface area contributed by atoms with E-state index in [2.05, 4.69) is 5.32 Å². The molecule has 0 aliphatic rings. The van der Waals surface area contributed by atoms with Crippen LogP contribution in [-0.2, 0) is 21.2 Å². The zero-order valence-electron chi connectivity index (χ0n) is 14.8. The number of amides is 1. The first-order valence-corrected chi connectivity index (χ1v) is 10.4. The summed E-state index contributed by atoms with van der Waals surface area (Å²) in [5, 5.41) is 1.49. The molecule has 0 radical (unpaired) electrons. The fraction of sp³-hybridized carbons (Fsp3) is 0.0952. The van der Waals surface area contributed by atoms with Gasteiger partial charge in [0, 0.05) is 5.02 Å². The lowest BCUT2D eigenvalue weighted by molar-refractivity contribution is 0.138. The molecular formula is C21H18ClNO4S. The van der Waals surface area contributed by atoms with Gasteiger partial charge in [-0.05, 0) is 35.4 Å². The van der Waals surface area contributed by atoms with Crippen LogP contribution in [-0.4, -0.2) is 14.5 Å². The van der Waals surface area contributed by atoms with Gasteiger partial charge in [-0.3, -0.25) is 0 Å². The number of hydrogen-bond acceptors (Lipinski definition) is 4. The second kappa shape index (κ2) is 8.91. The molecule has 5 nitrogen and oxygen atoms in total. The zero-order chi connectivity index (χ0) is 20.0. The molecule has 3 aromatic carbocycles. The Morgan fingerprint density at radius 2 is 1.57 bits per heavy atom. The van der Waals surface area contributed by atoms with Gasteiger partial charge in [-0.15, -0.1) is 0 Å². The first kappa shape index (κ1) is 19.9. The van der Waals surface area contributed by atoms with Crippen molar-refractivity contribution >= 4 is 27.5 Å². The molecule has 0 aliphatic carbocycles. The van der Waals surface area contributed by atoms with E-state index >= 15 is 0 Å². The van der Waals surface area contributed by atoms with Crippen molar-refractivity contribution in [3.05, 3.63) is 101 Å². The summed E-state index contributed by atoms with van der Waals surface area (Å²) in [6, 6.07) is 23.4. The minimum absolute atomic E-state index is 0.0281. The predicted molar refractivity (Wildman–Crippen MR) is 108 cm³/mol. The number of ether oxygens (including phenoxy) is 1. The molecule has 0 bridgehead atoms. The Balaban J connectivity index is 1.85. The fourth-order valence-electron chi connectivity index (χ4n) is 2.63. The first-order valence-electron chi connectivity index (χ1n) is 8.48. The highest BCUT2D eigenvalue weighted by molar-refractivity contribution is 7.91. The van der Waals surface area contributed by atoms with Gasteiger partial charge in [-0.2, -0.15) is 0 Å². The number of benzene rings is 3. The third-order valence-electron chi connectivity index (χ3n) is 4.00. The summed E-state index contributed by atoms with van der Waals surface area (Å²) in [6.45, 7) is 0.0281. The van der Waals surface area contributed by atoms with Crippen molar-refractivity contribution < 1.29 is 17.9 Å². The van der Waals surface area contributed by atoms with Gasteiger partial charge in [0.05, 0.1) is 4.90 Å². The van der Waals surface area contributed by atoms with E-state index in [0.717, 1.165) is 5.56 Å². The van der Waals surface area contributed by atoms with Crippen LogP contribution in [0.15, 0.2) is 89.8 Å². The number of carbonyl (C=O) groups is 1. The number of nitrogens with one attached hydrogen (secondary N) is 1. The zero-order valence-corrected chi connectivity index (χ0v) is 16.4. The van der Waals surface area contributed by atoms with Gasteiger partial charge in [0.1, 0.15) is 6.61 Å². The van der Waals surface area contributed by atoms with Crippen LogP contribution < -0.4 is 5.32 Å². The topological polar surface area (TPSA) is 72.5 Å². The van der Waals surface area contributed by atoms with Crippen LogP contribution in [0.5, 0.6) is 0 Å². The maximum absolute atomic E-state index is 13.1. The molecule has 1 unspecified atom stereocenters. The Bertz CT molecular complexity index is 1040. The summed E-state index contributed by atoms with van der Waals surface area (Å²) in [4.78, 5) is 12.4. The Labute approximate surface area is 168 Å². The summed E-state index contributed by atoms with van der Waals surface area (Å²) in [5.74, 6) is 0. The van der Waals surface area contributed by atoms with E-state index in [1.165, 1.54) is 18.2 Å². The number of carbonyl (C=O) groups excluding carboxylic acids is 1. The van der Waals surface area contributed by atoms with Crippen LogP contribution in [0.25, 0.3) is 0 Å². The Morgan fingerprint density at radius 1 is 0.929 bits per heavy atom. The standard InChI is InChI=1S/C21H18ClNO4S/c22-18-11-7-10-17(14-18)20(28(25,26)19-12-5-2-6-13-19)23-21(24)27-15-16-8-3-1-4-9-16/h1-14,20H,15H2,(H,23,24). The van der Waals surface area contributed by atoms with Crippen molar-refractivity contribution in [3.63, 3.8) is 0 Å². The van der Waals surface area contributed by atoms with Crippen molar-refractivity contribution in [3.8, 4) is 0 Å². The molecule has 1 N–H and O–H groups in total. The Hall–Kier alpha value is -2.83. The highest BCUT2D eigenvalue weighted by Crippen LogP contribution is 2.28. The van der Waals surface area contributed by atoms with Crippen molar-refractivity contribution in [2.24, 2.45) is 0 Å². The quantitative estimate of drug-likeness (QED) is 0.631. The second-order valence-corrected chi connectivity index (χ2v) is 8.47. The summed E-state index contributed by atoms with van der Waals surface area (Å²) in [5.41, 5.74) is 1.14. The van der Waals surface area contributed by atoms with Gasteiger partial charge in [0.15, 0.2) is 5.37 Å². The van der Waals surface area contributed by atoms with Crippen LogP contribution in [0, 0.1) is 0 Å². The molecule has 1 amide bonds. The largest absolute Gasteiger partial charge is 0.445 e. The van der Waals surface area contributed by atoms with E-state index in [9.17, 15) is 13.2 Å². The summed E-state index contributed by atoms with van der Waals surface area (Å²) in [6.07, 6.45) is -0.840. The molecule has 0 aliphatic heterocycles. The van der Waals surface area contributed by atoms with Crippen LogP contribution in [0.2, 0.25) is 5.02 Å². The molecule has 0 fully saturated rings. The number of rotatable bonds is 6. The SMILES string of the molecule is O=C(NC(c1cccc(Cl)c1)S(=O)(=O)c1ccccc1)OCc1ccccc1. The van der Waals surface area contributed by atoms with E-state index in [1.807, 2.05) is 30.3 Å². The van der Waals surface area contributed by atoms with Crippen molar-refractivity contribution in [1.29, 1.82) is 0 Å². The maximum Gasteiger partial charge on any atom is 0.408 e. The highest BCUT2D eigenvalue weighted by atomic mass is 35.5. The van der Waals surface area contributed by atoms with Gasteiger partial charge in [-0.25, -0.2) is 13.2 Å². The van der Waals surface area contributed by atoms with E-state index in [0.29, 0.717) is 10.6 Å². The third kappa shape index (κ3) is 4.91. The molecule has 144 valence electrons. The number of hydrogen-bond donors (Lipinski definition) is 1. The number of alkyl carbamates (subject to hydrolysis) is 1. The third-order valence-corrected chi connectivity index (χ3v) is 6.17. The summed E-state index contributed by atoms with van der Waals surface area (Å²) >= 11 is 6.02. The number of sulfone groups is 1. The molecular weight excluding hydrogens is 398 g/mol. The average Bonchev–Trinajstić information content (AvgIpc) is 2.72. The van der Waals surface area contributed by atoms with E-state index in [4.69, 9.17) is 16.3 Å². The molecule has 7 heteroatoms. The van der Waals surface area contributed by atoms with Crippen LogP contribution >= 0.6 is 11.6 Å². The van der Waals surface area contributed by atoms with Gasteiger partial charge >= 0.3 is 6.09 Å². The molecule has 0 heterocycles. The molecule has 0 saturated carbocycles. The molecule has 3 rings (SSSR count). The first-order chi connectivity index (χ1) is 13.5. The highest BCUT2D eigenvalue weighted by Gasteiger charge is 2.31. The monoisotopic (exact) mass is 415 g/mol. The van der Waals surface area contributed by atoms with Crippen molar-refractivity contribution in [2.45, 2.75) is 16.9 Å². The maximum atomic E-state index is 13.1. The Kier molecular flexibility index (Phi) is 6.34. The van der Waals surface area contributed by atoms with Gasteiger partial charge in [0.25, 0.3) is 0 Å². The van der Waals surface area contributed by atoms with Gasteiger partial charge in [0.2, 0.25) is 9.84 Å². The Morgan fingerprint density at radius 3 is 2.21 bits per heavy atom. The van der Waals surface area contributed by atoms with Crippen LogP contribution in [0.3, 0.4) is 0 Å². The lowest BCUT2D eigenvalue weighted by Crippen LogP contribution is -2.34. The molecule has 0 aromatic heterocycles. The molecule has 28 heavy (non-hydrogen) atoms. The number of halogens is 1. The lowest BCUT2D eigenvalue weighted by Gasteiger charge is -2.20. The predicted octanol–water partition coefficient (Wildman–Crippen LogP) is 4.74. The van der Waals surface area contributed by atoms with E-state index in [-0.39, 0.29) is 11.5 Å². The smallest absolute Gasteiger partial charge is 0.408 e. The van der Waals surface area contributed by atoms with Crippen LogP contribution in [0.1, 0.15) is 16.5 Å². The second-order valence-electron chi connectivity index (χ2n) is 6.00. The van der Waals surface area contributed by atoms with Crippen molar-refractivity contribution in [2.75, 3.05) is 0 Å². The van der Waals surface area contributed by atoms with E-state index < -0.39 is 21.3 Å². The molecule has 0 spiro atoms. The normalized spacial score (nSPS) is 12.2. The minimum atomic E-state index is -3.92. The summed E-state index contributed by atoms with van der Waals surface area (Å²) < 4.78 is 31.5. The minimum Gasteiger partial charge on any atom is -0.445 e.